The Kier molecular flexibility index (Phi) is 8.72. The smallest absolute Gasteiger partial charge is 0.412 e. The average Bonchev–Trinajstić information content (AvgIpc) is 2.70. The molecule has 0 aliphatic carbocycles. The predicted molar refractivity (Wildman–Crippen MR) is 109 cm³/mol. The Bertz CT molecular complexity index is 804. The second-order valence-corrected chi connectivity index (χ2v) is 6.22. The Morgan fingerprint density at radius 1 is 1.10 bits per heavy atom. The van der Waals surface area contributed by atoms with Crippen LogP contribution >= 0.6 is 0 Å². The van der Waals surface area contributed by atoms with E-state index in [2.05, 4.69) is 5.32 Å². The monoisotopic (exact) mass is 399 g/mol. The number of phenols is 1. The van der Waals surface area contributed by atoms with Crippen molar-refractivity contribution >= 4 is 17.7 Å². The van der Waals surface area contributed by atoms with E-state index in [9.17, 15) is 14.7 Å². The van der Waals surface area contributed by atoms with Crippen LogP contribution in [0.3, 0.4) is 0 Å². The fraction of sp³-hybridized carbons (Fsp3) is 0.273. The summed E-state index contributed by atoms with van der Waals surface area (Å²) < 4.78 is 11.5. The summed E-state index contributed by atoms with van der Waals surface area (Å²) in [5.41, 5.74) is 1.26. The van der Waals surface area contributed by atoms with E-state index in [-0.39, 0.29) is 5.75 Å². The molecule has 2 aromatic rings. The molecule has 2 atom stereocenters. The Balaban J connectivity index is 2.18. The molecule has 2 aromatic carbocycles. The highest BCUT2D eigenvalue weighted by molar-refractivity contribution is 5.84. The first kappa shape index (κ1) is 22.0. The number of benzene rings is 2. The molecule has 154 valence electrons. The van der Waals surface area contributed by atoms with Crippen molar-refractivity contribution in [2.24, 2.45) is 0 Å². The zero-order chi connectivity index (χ0) is 21.1. The number of carboxylic acid groups (broad SMARTS) is 1. The van der Waals surface area contributed by atoms with Crippen LogP contribution in [-0.4, -0.2) is 35.0 Å². The molecule has 1 amide bonds. The quantitative estimate of drug-likeness (QED) is 0.508. The first-order valence-electron chi connectivity index (χ1n) is 9.32. The molecule has 0 saturated heterocycles. The first-order chi connectivity index (χ1) is 14.0. The Hall–Kier alpha value is -3.32. The largest absolute Gasteiger partial charge is 0.508 e. The lowest BCUT2D eigenvalue weighted by Gasteiger charge is -2.27. The van der Waals surface area contributed by atoms with Gasteiger partial charge in [-0.3, -0.25) is 5.32 Å². The number of amides is 1. The number of carbonyl (C=O) groups excluding carboxylic acids is 1. The minimum absolute atomic E-state index is 0.0959. The number of aliphatic carboxylic acids is 1. The van der Waals surface area contributed by atoms with Gasteiger partial charge in [0, 0.05) is 18.4 Å². The second-order valence-electron chi connectivity index (χ2n) is 6.22. The number of ether oxygens (including phenoxy) is 2. The van der Waals surface area contributed by atoms with Crippen molar-refractivity contribution in [3.63, 3.8) is 0 Å². The van der Waals surface area contributed by atoms with Gasteiger partial charge in [-0.15, -0.1) is 0 Å². The number of phenolic OH excluding ortho intramolecular Hbond substituents is 1. The van der Waals surface area contributed by atoms with E-state index in [1.807, 2.05) is 13.0 Å². The zero-order valence-electron chi connectivity index (χ0n) is 16.2. The van der Waals surface area contributed by atoms with Crippen LogP contribution in [0.5, 0.6) is 5.75 Å². The number of rotatable bonds is 10. The van der Waals surface area contributed by atoms with Crippen molar-refractivity contribution in [1.29, 1.82) is 0 Å². The number of hydrogen-bond donors (Lipinski definition) is 3. The number of carbonyl (C=O) groups is 2. The highest BCUT2D eigenvalue weighted by Crippen LogP contribution is 2.29. The van der Waals surface area contributed by atoms with Crippen molar-refractivity contribution in [3.8, 4) is 5.75 Å². The van der Waals surface area contributed by atoms with Gasteiger partial charge in [-0.2, -0.15) is 0 Å². The van der Waals surface area contributed by atoms with Gasteiger partial charge in [-0.05, 0) is 49.6 Å². The van der Waals surface area contributed by atoms with Gasteiger partial charge >= 0.3 is 12.1 Å². The second kappa shape index (κ2) is 11.5. The third kappa shape index (κ3) is 7.67. The fourth-order valence-electron chi connectivity index (χ4n) is 2.79. The molecule has 0 unspecified atom stereocenters. The molecule has 29 heavy (non-hydrogen) atoms. The molecule has 2 rings (SSSR count). The molecule has 3 N–H and O–H groups in total. The molecular weight excluding hydrogens is 374 g/mol. The summed E-state index contributed by atoms with van der Waals surface area (Å²) in [7, 11) is 0. The summed E-state index contributed by atoms with van der Waals surface area (Å²) in [6.45, 7) is 2.23. The summed E-state index contributed by atoms with van der Waals surface area (Å²) >= 11 is 0. The van der Waals surface area contributed by atoms with Gasteiger partial charge in [0.25, 0.3) is 0 Å². The van der Waals surface area contributed by atoms with Crippen LogP contribution in [0.2, 0.25) is 0 Å². The Morgan fingerprint density at radius 3 is 2.41 bits per heavy atom. The van der Waals surface area contributed by atoms with Crippen molar-refractivity contribution < 1.29 is 29.3 Å². The maximum atomic E-state index is 12.5. The Morgan fingerprint density at radius 2 is 1.79 bits per heavy atom. The first-order valence-corrected chi connectivity index (χ1v) is 9.32. The molecule has 0 heterocycles. The van der Waals surface area contributed by atoms with E-state index < -0.39 is 24.3 Å². The molecule has 0 spiro atoms. The summed E-state index contributed by atoms with van der Waals surface area (Å²) in [6.07, 6.45) is 1.62. The number of nitrogens with one attached hydrogen (secondary N) is 1. The third-order valence-corrected chi connectivity index (χ3v) is 4.07. The van der Waals surface area contributed by atoms with Crippen LogP contribution in [0.25, 0.3) is 0 Å². The van der Waals surface area contributed by atoms with Crippen molar-refractivity contribution in [1.82, 2.24) is 0 Å². The van der Waals surface area contributed by atoms with Crippen LogP contribution in [0, 0.1) is 0 Å². The lowest BCUT2D eigenvalue weighted by atomic mass is 10.00. The van der Waals surface area contributed by atoms with Gasteiger partial charge in [0.15, 0.2) is 6.10 Å². The van der Waals surface area contributed by atoms with Crippen molar-refractivity contribution in [2.45, 2.75) is 32.0 Å². The van der Waals surface area contributed by atoms with Gasteiger partial charge in [0.1, 0.15) is 5.75 Å². The molecular formula is C22H25NO6. The number of allylic oxidation sites excluding steroid dienone is 1. The van der Waals surface area contributed by atoms with Crippen LogP contribution in [0.15, 0.2) is 66.7 Å². The number of anilines is 1. The van der Waals surface area contributed by atoms with Crippen LogP contribution in [0.1, 0.15) is 31.4 Å². The van der Waals surface area contributed by atoms with Gasteiger partial charge in [-0.1, -0.05) is 36.4 Å². The summed E-state index contributed by atoms with van der Waals surface area (Å²) in [5.74, 6) is -0.926. The van der Waals surface area contributed by atoms with Gasteiger partial charge in [-0.25, -0.2) is 9.59 Å². The normalized spacial score (nSPS) is 13.0. The third-order valence-electron chi connectivity index (χ3n) is 4.07. The van der Waals surface area contributed by atoms with Crippen LogP contribution < -0.4 is 5.32 Å². The molecule has 0 bridgehead atoms. The maximum absolute atomic E-state index is 12.5. The van der Waals surface area contributed by atoms with E-state index >= 15 is 0 Å². The number of hydrogen-bond acceptors (Lipinski definition) is 5. The number of para-hydroxylation sites is 1. The maximum Gasteiger partial charge on any atom is 0.412 e. The van der Waals surface area contributed by atoms with Crippen molar-refractivity contribution in [2.75, 3.05) is 11.9 Å². The SMILES string of the molecule is CCO[C@H](CC/C=C/C(=O)O)[C@H](OC(=O)Nc1ccccc1)c1ccc(O)cc1. The van der Waals surface area contributed by atoms with Gasteiger partial charge in [0.2, 0.25) is 0 Å². The van der Waals surface area contributed by atoms with E-state index in [0.717, 1.165) is 6.08 Å². The predicted octanol–water partition coefficient (Wildman–Crippen LogP) is 4.51. The molecule has 7 heteroatoms. The zero-order valence-corrected chi connectivity index (χ0v) is 16.2. The molecule has 7 nitrogen and oxygen atoms in total. The van der Waals surface area contributed by atoms with Gasteiger partial charge < -0.3 is 19.7 Å². The summed E-state index contributed by atoms with van der Waals surface area (Å²) in [6, 6.07) is 15.3. The van der Waals surface area contributed by atoms with Crippen LogP contribution in [-0.2, 0) is 14.3 Å². The highest BCUT2D eigenvalue weighted by Gasteiger charge is 2.27. The molecule has 0 fully saturated rings. The molecule has 0 radical (unpaired) electrons. The summed E-state index contributed by atoms with van der Waals surface area (Å²) in [5, 5.41) is 21.0. The standard InChI is InChI=1S/C22H25NO6/c1-2-28-19(10-6-7-11-20(25)26)21(16-12-14-18(24)15-13-16)29-22(27)23-17-8-4-3-5-9-17/h3-5,7-9,11-15,19,21,24H,2,6,10H2,1H3,(H,23,27)(H,25,26)/b11-7+/t19-,21-/m1/s1. The average molecular weight is 399 g/mol. The molecule has 0 aliphatic rings. The highest BCUT2D eigenvalue weighted by atomic mass is 16.6. The number of carboxylic acids is 1. The lowest BCUT2D eigenvalue weighted by Crippen LogP contribution is -2.29. The molecule has 0 aliphatic heterocycles. The topological polar surface area (TPSA) is 105 Å². The molecule has 0 saturated carbocycles. The minimum atomic E-state index is -1.02. The molecule has 0 aromatic heterocycles. The van der Waals surface area contributed by atoms with E-state index in [4.69, 9.17) is 14.6 Å². The van der Waals surface area contributed by atoms with Crippen LogP contribution in [0.4, 0.5) is 10.5 Å². The summed E-state index contributed by atoms with van der Waals surface area (Å²) in [4.78, 5) is 23.1. The minimum Gasteiger partial charge on any atom is -0.508 e. The number of aromatic hydroxyl groups is 1. The van der Waals surface area contributed by atoms with E-state index in [1.165, 1.54) is 18.2 Å². The fourth-order valence-corrected chi connectivity index (χ4v) is 2.79. The lowest BCUT2D eigenvalue weighted by molar-refractivity contribution is -0.131. The van der Waals surface area contributed by atoms with E-state index in [0.29, 0.717) is 30.7 Å². The van der Waals surface area contributed by atoms with Crippen molar-refractivity contribution in [3.05, 3.63) is 72.3 Å². The van der Waals surface area contributed by atoms with E-state index in [1.54, 1.807) is 36.4 Å². The van der Waals surface area contributed by atoms with Gasteiger partial charge in [0.05, 0.1) is 6.10 Å². The Labute approximate surface area is 169 Å².